The highest BCUT2D eigenvalue weighted by atomic mass is 32.2. The molecule has 27 heavy (non-hydrogen) atoms. The van der Waals surface area contributed by atoms with E-state index < -0.39 is 4.75 Å². The molecule has 1 amide bonds. The molecule has 7 nitrogen and oxygen atoms in total. The number of thioether (sulfide) groups is 1. The average molecular weight is 377 g/mol. The second kappa shape index (κ2) is 5.95. The molecule has 0 radical (unpaired) electrons. The zero-order chi connectivity index (χ0) is 18.4. The first kappa shape index (κ1) is 16.1. The molecule has 2 aromatic carbocycles. The SMILES string of the molecule is CC1(c2ccccc2)Sc2nncn2N=C1c1ccc2c(c1)NC(=O)CO2. The number of amides is 1. The number of nitrogens with one attached hydrogen (secondary N) is 1. The number of anilines is 1. The van der Waals surface area contributed by atoms with Crippen LogP contribution in [0.2, 0.25) is 0 Å². The van der Waals surface area contributed by atoms with Gasteiger partial charge in [0.05, 0.1) is 16.1 Å². The second-order valence-electron chi connectivity index (χ2n) is 6.46. The first-order valence-electron chi connectivity index (χ1n) is 8.44. The number of fused-ring (bicyclic) bond motifs is 2. The molecule has 0 spiro atoms. The normalized spacial score (nSPS) is 20.8. The van der Waals surface area contributed by atoms with Crippen LogP contribution in [0.15, 0.2) is 65.1 Å². The van der Waals surface area contributed by atoms with E-state index in [4.69, 9.17) is 9.84 Å². The van der Waals surface area contributed by atoms with Crippen LogP contribution in [-0.4, -0.2) is 33.1 Å². The lowest BCUT2D eigenvalue weighted by Crippen LogP contribution is -2.34. The summed E-state index contributed by atoms with van der Waals surface area (Å²) >= 11 is 1.60. The Hall–Kier alpha value is -3.13. The molecule has 2 aliphatic heterocycles. The Morgan fingerprint density at radius 2 is 2.07 bits per heavy atom. The lowest BCUT2D eigenvalue weighted by atomic mass is 9.90. The molecule has 134 valence electrons. The summed E-state index contributed by atoms with van der Waals surface area (Å²) in [6.07, 6.45) is 1.59. The number of carbonyl (C=O) groups excluding carboxylic acids is 1. The summed E-state index contributed by atoms with van der Waals surface area (Å²) in [4.78, 5) is 11.7. The minimum Gasteiger partial charge on any atom is -0.482 e. The van der Waals surface area contributed by atoms with Gasteiger partial charge in [0.2, 0.25) is 5.16 Å². The van der Waals surface area contributed by atoms with Crippen LogP contribution in [0.3, 0.4) is 0 Å². The summed E-state index contributed by atoms with van der Waals surface area (Å²) in [7, 11) is 0. The van der Waals surface area contributed by atoms with Gasteiger partial charge in [0, 0.05) is 5.56 Å². The Labute approximate surface area is 159 Å². The highest BCUT2D eigenvalue weighted by Gasteiger charge is 2.40. The summed E-state index contributed by atoms with van der Waals surface area (Å²) in [5.41, 5.74) is 3.52. The number of carbonyl (C=O) groups is 1. The number of ether oxygens (including phenoxy) is 1. The molecule has 2 aliphatic rings. The molecule has 3 aromatic rings. The largest absolute Gasteiger partial charge is 0.482 e. The summed E-state index contributed by atoms with van der Waals surface area (Å²) in [5, 5.41) is 16.6. The van der Waals surface area contributed by atoms with Crippen LogP contribution in [0.5, 0.6) is 5.75 Å². The third kappa shape index (κ3) is 2.60. The van der Waals surface area contributed by atoms with Gasteiger partial charge in [0.25, 0.3) is 5.91 Å². The van der Waals surface area contributed by atoms with Crippen molar-refractivity contribution in [2.24, 2.45) is 5.10 Å². The molecule has 5 rings (SSSR count). The maximum absolute atomic E-state index is 11.7. The van der Waals surface area contributed by atoms with E-state index in [1.54, 1.807) is 22.8 Å². The predicted octanol–water partition coefficient (Wildman–Crippen LogP) is 2.88. The number of aromatic nitrogens is 3. The maximum atomic E-state index is 11.7. The van der Waals surface area contributed by atoms with E-state index in [1.165, 1.54) is 0 Å². The zero-order valence-corrected chi connectivity index (χ0v) is 15.2. The number of nitrogens with zero attached hydrogens (tertiary/aromatic N) is 4. The van der Waals surface area contributed by atoms with Gasteiger partial charge in [-0.3, -0.25) is 4.79 Å². The van der Waals surface area contributed by atoms with Crippen LogP contribution in [0.1, 0.15) is 18.1 Å². The first-order chi connectivity index (χ1) is 13.1. The topological polar surface area (TPSA) is 81.4 Å². The Kier molecular flexibility index (Phi) is 3.54. The van der Waals surface area contributed by atoms with Gasteiger partial charge in [-0.1, -0.05) is 42.1 Å². The number of hydrogen-bond acceptors (Lipinski definition) is 6. The summed E-state index contributed by atoms with van der Waals surface area (Å²) in [5.74, 6) is 0.500. The van der Waals surface area contributed by atoms with E-state index in [2.05, 4.69) is 34.6 Å². The molecule has 1 N–H and O–H groups in total. The standard InChI is InChI=1S/C19H15N5O2S/c1-19(13-5-3-2-4-6-13)17(23-24-11-20-22-18(24)27-19)12-7-8-15-14(9-12)21-16(25)10-26-15/h2-9,11H,10H2,1H3,(H,21,25). The van der Waals surface area contributed by atoms with Crippen molar-refractivity contribution in [1.29, 1.82) is 0 Å². The van der Waals surface area contributed by atoms with Crippen LogP contribution in [0.25, 0.3) is 0 Å². The van der Waals surface area contributed by atoms with E-state index in [9.17, 15) is 4.79 Å². The lowest BCUT2D eigenvalue weighted by Gasteiger charge is -2.33. The molecule has 1 unspecified atom stereocenters. The number of benzene rings is 2. The van der Waals surface area contributed by atoms with Gasteiger partial charge >= 0.3 is 0 Å². The van der Waals surface area contributed by atoms with Gasteiger partial charge in [0.1, 0.15) is 12.1 Å². The molecule has 0 bridgehead atoms. The van der Waals surface area contributed by atoms with Crippen molar-refractivity contribution < 1.29 is 9.53 Å². The molecule has 3 heterocycles. The number of hydrogen-bond donors (Lipinski definition) is 1. The molecule has 1 atom stereocenters. The smallest absolute Gasteiger partial charge is 0.262 e. The van der Waals surface area contributed by atoms with Gasteiger partial charge in [-0.15, -0.1) is 10.2 Å². The van der Waals surface area contributed by atoms with Crippen LogP contribution in [0, 0.1) is 0 Å². The van der Waals surface area contributed by atoms with Crippen molar-refractivity contribution in [3.05, 3.63) is 66.0 Å². The molecule has 8 heteroatoms. The van der Waals surface area contributed by atoms with E-state index in [0.29, 0.717) is 11.4 Å². The van der Waals surface area contributed by atoms with Crippen molar-refractivity contribution in [1.82, 2.24) is 14.9 Å². The van der Waals surface area contributed by atoms with Crippen LogP contribution < -0.4 is 10.1 Å². The molecular weight excluding hydrogens is 362 g/mol. The highest BCUT2D eigenvalue weighted by Crippen LogP contribution is 2.46. The fraction of sp³-hybridized carbons (Fsp3) is 0.158. The van der Waals surface area contributed by atoms with Gasteiger partial charge < -0.3 is 10.1 Å². The van der Waals surface area contributed by atoms with E-state index in [-0.39, 0.29) is 12.5 Å². The Morgan fingerprint density at radius 3 is 2.93 bits per heavy atom. The van der Waals surface area contributed by atoms with Crippen molar-refractivity contribution in [2.75, 3.05) is 11.9 Å². The molecule has 0 aliphatic carbocycles. The Balaban J connectivity index is 1.68. The quantitative estimate of drug-likeness (QED) is 0.743. The molecule has 0 saturated carbocycles. The van der Waals surface area contributed by atoms with Crippen LogP contribution >= 0.6 is 11.8 Å². The van der Waals surface area contributed by atoms with Gasteiger partial charge in [-0.25, -0.2) is 0 Å². The molecule has 0 saturated heterocycles. The first-order valence-corrected chi connectivity index (χ1v) is 9.26. The van der Waals surface area contributed by atoms with E-state index in [1.807, 2.05) is 36.4 Å². The average Bonchev–Trinajstić information content (AvgIpc) is 3.14. The summed E-state index contributed by atoms with van der Waals surface area (Å²) in [6.45, 7) is 2.16. The van der Waals surface area contributed by atoms with Crippen molar-refractivity contribution >= 4 is 29.1 Å². The van der Waals surface area contributed by atoms with Gasteiger partial charge in [-0.2, -0.15) is 9.78 Å². The third-order valence-electron chi connectivity index (χ3n) is 4.67. The fourth-order valence-electron chi connectivity index (χ4n) is 3.30. The Bertz CT molecular complexity index is 1080. The van der Waals surface area contributed by atoms with Crippen molar-refractivity contribution in [2.45, 2.75) is 16.8 Å². The predicted molar refractivity (Wildman–Crippen MR) is 102 cm³/mol. The van der Waals surface area contributed by atoms with Crippen molar-refractivity contribution in [3.8, 4) is 5.75 Å². The molecule has 0 fully saturated rings. The monoisotopic (exact) mass is 377 g/mol. The highest BCUT2D eigenvalue weighted by molar-refractivity contribution is 8.00. The minimum atomic E-state index is -0.460. The Morgan fingerprint density at radius 1 is 1.22 bits per heavy atom. The van der Waals surface area contributed by atoms with Crippen LogP contribution in [-0.2, 0) is 9.54 Å². The fourth-order valence-corrected chi connectivity index (χ4v) is 4.45. The number of rotatable bonds is 2. The van der Waals surface area contributed by atoms with Crippen molar-refractivity contribution in [3.63, 3.8) is 0 Å². The maximum Gasteiger partial charge on any atom is 0.262 e. The lowest BCUT2D eigenvalue weighted by molar-refractivity contribution is -0.118. The molecular formula is C19H15N5O2S. The summed E-state index contributed by atoms with van der Waals surface area (Å²) < 4.78 is 6.70. The van der Waals surface area contributed by atoms with E-state index >= 15 is 0 Å². The third-order valence-corrected chi connectivity index (χ3v) is 5.95. The second-order valence-corrected chi connectivity index (χ2v) is 7.84. The van der Waals surface area contributed by atoms with Gasteiger partial charge in [-0.05, 0) is 30.7 Å². The zero-order valence-electron chi connectivity index (χ0n) is 14.4. The van der Waals surface area contributed by atoms with E-state index in [0.717, 1.165) is 22.0 Å². The summed E-state index contributed by atoms with van der Waals surface area (Å²) in [6, 6.07) is 15.9. The van der Waals surface area contributed by atoms with Crippen LogP contribution in [0.4, 0.5) is 5.69 Å². The van der Waals surface area contributed by atoms with Gasteiger partial charge in [0.15, 0.2) is 6.61 Å². The molecule has 1 aromatic heterocycles. The minimum absolute atomic E-state index is 0.0366.